The van der Waals surface area contributed by atoms with Crippen molar-refractivity contribution in [1.82, 2.24) is 5.32 Å². The molecule has 0 fully saturated rings. The normalized spacial score (nSPS) is 12.5. The number of hydrogen-bond acceptors (Lipinski definition) is 3. The Labute approximate surface area is 121 Å². The molecule has 0 heterocycles. The lowest BCUT2D eigenvalue weighted by molar-refractivity contribution is 0.0933. The predicted molar refractivity (Wildman–Crippen MR) is 80.6 cm³/mol. The smallest absolute Gasteiger partial charge is 0.251 e. The summed E-state index contributed by atoms with van der Waals surface area (Å²) in [5.41, 5.74) is 6.09. The molecule has 0 bridgehead atoms. The Bertz CT molecular complexity index is 421. The molecule has 4 nitrogen and oxygen atoms in total. The Morgan fingerprint density at radius 2 is 2.17 bits per heavy atom. The minimum atomic E-state index is -0.196. The number of nitrogens with two attached hydrogens (primary N) is 1. The van der Waals surface area contributed by atoms with E-state index in [0.717, 1.165) is 9.99 Å². The van der Waals surface area contributed by atoms with Crippen molar-refractivity contribution in [3.05, 3.63) is 27.3 Å². The Morgan fingerprint density at radius 1 is 1.50 bits per heavy atom. The van der Waals surface area contributed by atoms with Gasteiger partial charge in [-0.15, -0.1) is 0 Å². The molecule has 0 spiro atoms. The fraction of sp³-hybridized carbons (Fsp3) is 0.462. The average Bonchev–Trinajstić information content (AvgIpc) is 2.31. The second-order valence-electron chi connectivity index (χ2n) is 4.70. The number of nitrogens with one attached hydrogen (secondary N) is 1. The van der Waals surface area contributed by atoms with Crippen LogP contribution >= 0.6 is 22.6 Å². The fourth-order valence-corrected chi connectivity index (χ4v) is 2.04. The maximum Gasteiger partial charge on any atom is 0.251 e. The zero-order valence-electron chi connectivity index (χ0n) is 10.6. The molecule has 1 unspecified atom stereocenters. The molecule has 0 saturated heterocycles. The first-order chi connectivity index (χ1) is 8.43. The SMILES string of the molecule is CC(C)CC(CN)NC(=O)c1ccc(I)c(O)c1. The van der Waals surface area contributed by atoms with Crippen molar-refractivity contribution in [3.8, 4) is 5.75 Å². The van der Waals surface area contributed by atoms with Crippen molar-refractivity contribution in [2.75, 3.05) is 6.54 Å². The molecule has 0 aromatic heterocycles. The Kier molecular flexibility index (Phi) is 5.87. The molecule has 1 aromatic carbocycles. The summed E-state index contributed by atoms with van der Waals surface area (Å²) in [5.74, 6) is 0.401. The summed E-state index contributed by atoms with van der Waals surface area (Å²) in [4.78, 5) is 12.0. The van der Waals surface area contributed by atoms with E-state index < -0.39 is 0 Å². The van der Waals surface area contributed by atoms with Gasteiger partial charge in [0.1, 0.15) is 5.75 Å². The highest BCUT2D eigenvalue weighted by molar-refractivity contribution is 14.1. The molecular weight excluding hydrogens is 343 g/mol. The number of aromatic hydroxyl groups is 1. The van der Waals surface area contributed by atoms with E-state index in [1.807, 2.05) is 22.6 Å². The van der Waals surface area contributed by atoms with Crippen LogP contribution in [0.1, 0.15) is 30.6 Å². The minimum Gasteiger partial charge on any atom is -0.507 e. The van der Waals surface area contributed by atoms with Crippen LogP contribution in [-0.4, -0.2) is 23.6 Å². The zero-order valence-corrected chi connectivity index (χ0v) is 12.8. The van der Waals surface area contributed by atoms with E-state index in [1.165, 1.54) is 6.07 Å². The van der Waals surface area contributed by atoms with Gasteiger partial charge in [0.05, 0.1) is 3.57 Å². The molecule has 1 atom stereocenters. The summed E-state index contributed by atoms with van der Waals surface area (Å²) in [7, 11) is 0. The summed E-state index contributed by atoms with van der Waals surface area (Å²) in [5, 5.41) is 12.5. The summed E-state index contributed by atoms with van der Waals surface area (Å²) in [6.07, 6.45) is 0.846. The van der Waals surface area contributed by atoms with Gasteiger partial charge in [0, 0.05) is 18.2 Å². The van der Waals surface area contributed by atoms with Crippen LogP contribution in [0.2, 0.25) is 0 Å². The van der Waals surface area contributed by atoms with Crippen molar-refractivity contribution in [3.63, 3.8) is 0 Å². The van der Waals surface area contributed by atoms with E-state index in [0.29, 0.717) is 18.0 Å². The molecular formula is C13H19IN2O2. The highest BCUT2D eigenvalue weighted by Gasteiger charge is 2.14. The highest BCUT2D eigenvalue weighted by Crippen LogP contribution is 2.20. The third kappa shape index (κ3) is 4.45. The van der Waals surface area contributed by atoms with Crippen LogP contribution in [0.15, 0.2) is 18.2 Å². The lowest BCUT2D eigenvalue weighted by Gasteiger charge is -2.18. The van der Waals surface area contributed by atoms with E-state index in [1.54, 1.807) is 12.1 Å². The first kappa shape index (κ1) is 15.2. The molecule has 5 heteroatoms. The number of phenolic OH excluding ortho intramolecular Hbond substituents is 1. The summed E-state index contributed by atoms with van der Waals surface area (Å²) < 4.78 is 0.724. The van der Waals surface area contributed by atoms with E-state index in [9.17, 15) is 9.90 Å². The van der Waals surface area contributed by atoms with E-state index in [2.05, 4.69) is 19.2 Å². The summed E-state index contributed by atoms with van der Waals surface area (Å²) in [6, 6.07) is 4.85. The van der Waals surface area contributed by atoms with Gasteiger partial charge >= 0.3 is 0 Å². The third-order valence-electron chi connectivity index (χ3n) is 2.58. The molecule has 4 N–H and O–H groups in total. The number of carbonyl (C=O) groups is 1. The molecule has 100 valence electrons. The van der Waals surface area contributed by atoms with Crippen LogP contribution in [-0.2, 0) is 0 Å². The largest absolute Gasteiger partial charge is 0.507 e. The number of amides is 1. The highest BCUT2D eigenvalue weighted by atomic mass is 127. The quantitative estimate of drug-likeness (QED) is 0.703. The number of rotatable bonds is 5. The van der Waals surface area contributed by atoms with Gasteiger partial charge in [0.2, 0.25) is 0 Å². The fourth-order valence-electron chi connectivity index (χ4n) is 1.71. The lowest BCUT2D eigenvalue weighted by atomic mass is 10.0. The van der Waals surface area contributed by atoms with Crippen molar-refractivity contribution >= 4 is 28.5 Å². The second kappa shape index (κ2) is 6.94. The number of phenols is 1. The van der Waals surface area contributed by atoms with Crippen LogP contribution in [0, 0.1) is 9.49 Å². The van der Waals surface area contributed by atoms with Gasteiger partial charge in [-0.3, -0.25) is 4.79 Å². The molecule has 0 saturated carbocycles. The van der Waals surface area contributed by atoms with Crippen LogP contribution in [0.4, 0.5) is 0 Å². The van der Waals surface area contributed by atoms with Crippen LogP contribution in [0.25, 0.3) is 0 Å². The third-order valence-corrected chi connectivity index (χ3v) is 3.50. The Morgan fingerprint density at radius 3 is 2.67 bits per heavy atom. The minimum absolute atomic E-state index is 0.0288. The second-order valence-corrected chi connectivity index (χ2v) is 5.86. The van der Waals surface area contributed by atoms with Crippen molar-refractivity contribution in [2.24, 2.45) is 11.7 Å². The van der Waals surface area contributed by atoms with Crippen molar-refractivity contribution in [2.45, 2.75) is 26.3 Å². The van der Waals surface area contributed by atoms with Crippen molar-refractivity contribution in [1.29, 1.82) is 0 Å². The monoisotopic (exact) mass is 362 g/mol. The van der Waals surface area contributed by atoms with Gasteiger partial charge in [-0.1, -0.05) is 13.8 Å². The van der Waals surface area contributed by atoms with Gasteiger partial charge in [-0.2, -0.15) is 0 Å². The van der Waals surface area contributed by atoms with Crippen LogP contribution in [0.5, 0.6) is 5.75 Å². The standard InChI is InChI=1S/C13H19IN2O2/c1-8(2)5-10(7-15)16-13(18)9-3-4-11(14)12(17)6-9/h3-4,6,8,10,17H,5,7,15H2,1-2H3,(H,16,18). The summed E-state index contributed by atoms with van der Waals surface area (Å²) in [6.45, 7) is 4.59. The molecule has 0 aliphatic heterocycles. The van der Waals surface area contributed by atoms with E-state index >= 15 is 0 Å². The Hall–Kier alpha value is -0.820. The van der Waals surface area contributed by atoms with Crippen LogP contribution in [0.3, 0.4) is 0 Å². The molecule has 0 aliphatic carbocycles. The number of carbonyl (C=O) groups excluding carboxylic acids is 1. The van der Waals surface area contributed by atoms with Gasteiger partial charge in [-0.25, -0.2) is 0 Å². The van der Waals surface area contributed by atoms with E-state index in [4.69, 9.17) is 5.73 Å². The zero-order chi connectivity index (χ0) is 13.7. The number of hydrogen-bond donors (Lipinski definition) is 3. The van der Waals surface area contributed by atoms with Crippen molar-refractivity contribution < 1.29 is 9.90 Å². The molecule has 1 aromatic rings. The van der Waals surface area contributed by atoms with Gasteiger partial charge in [-0.05, 0) is 53.1 Å². The maximum absolute atomic E-state index is 12.0. The first-order valence-corrected chi connectivity index (χ1v) is 7.01. The number of benzene rings is 1. The van der Waals surface area contributed by atoms with Gasteiger partial charge < -0.3 is 16.2 Å². The van der Waals surface area contributed by atoms with Gasteiger partial charge in [0.25, 0.3) is 5.91 Å². The topological polar surface area (TPSA) is 75.3 Å². The maximum atomic E-state index is 12.0. The van der Waals surface area contributed by atoms with Crippen LogP contribution < -0.4 is 11.1 Å². The Balaban J connectivity index is 2.71. The van der Waals surface area contributed by atoms with E-state index in [-0.39, 0.29) is 17.7 Å². The lowest BCUT2D eigenvalue weighted by Crippen LogP contribution is -2.41. The average molecular weight is 362 g/mol. The number of halogens is 1. The predicted octanol–water partition coefficient (Wildman–Crippen LogP) is 2.10. The molecule has 0 radical (unpaired) electrons. The van der Waals surface area contributed by atoms with Gasteiger partial charge in [0.15, 0.2) is 0 Å². The molecule has 1 rings (SSSR count). The summed E-state index contributed by atoms with van der Waals surface area (Å²) >= 11 is 2.01. The first-order valence-electron chi connectivity index (χ1n) is 5.93. The molecule has 18 heavy (non-hydrogen) atoms. The molecule has 0 aliphatic rings. The molecule has 1 amide bonds.